The van der Waals surface area contributed by atoms with Crippen LogP contribution in [0.25, 0.3) is 11.1 Å². The fourth-order valence-corrected chi connectivity index (χ4v) is 7.62. The number of methoxy groups -OCH3 is 1. The number of carbonyl (C=O) groups is 6. The highest BCUT2D eigenvalue weighted by Crippen LogP contribution is 2.43. The Morgan fingerprint density at radius 2 is 1.16 bits per heavy atom. The maximum absolute atomic E-state index is 14.4. The SMILES string of the molecule is COCCOC(C)(C)CC(C)OC(C)(C)C(C)NCOC(=O)Nc1ccc(-c2ccc(NC=O)c3c2C(=O)c2ccccc2C3=O)c2c1C(=O)c1ccccc1C2=O. The van der Waals surface area contributed by atoms with Gasteiger partial charge in [0.05, 0.1) is 53.0 Å². The third kappa shape index (κ3) is 8.25. The standard InChI is InChI=1S/C45H47N3O10/c1-25(22-44(3,4)57-21-20-55-7)58-45(5,6)26(2)47-24-56-43(54)48-34-19-17-28(36-38(34)42(53)32-15-11-9-13-30(32)40(36)51)27-16-18-33(46-23-49)37-35(27)39(50)29-12-8-10-14-31(29)41(37)52/h8-19,23,25-26,47H,20-22,24H2,1-7H3,(H,46,49)(H,48,54). The Balaban J connectivity index is 1.27. The molecule has 302 valence electrons. The largest absolute Gasteiger partial charge is 0.433 e. The Morgan fingerprint density at radius 1 is 0.672 bits per heavy atom. The Morgan fingerprint density at radius 3 is 1.66 bits per heavy atom. The summed E-state index contributed by atoms with van der Waals surface area (Å²) in [4.78, 5) is 81.6. The van der Waals surface area contributed by atoms with E-state index < -0.39 is 40.4 Å². The lowest BCUT2D eigenvalue weighted by Gasteiger charge is -2.37. The van der Waals surface area contributed by atoms with E-state index in [1.807, 2.05) is 41.5 Å². The molecule has 0 saturated carbocycles. The summed E-state index contributed by atoms with van der Waals surface area (Å²) in [5.41, 5.74) is -0.219. The minimum atomic E-state index is -0.894. The van der Waals surface area contributed by atoms with Crippen molar-refractivity contribution in [3.63, 3.8) is 0 Å². The van der Waals surface area contributed by atoms with Gasteiger partial charge in [-0.3, -0.25) is 34.6 Å². The number of anilines is 2. The second-order valence-corrected chi connectivity index (χ2v) is 15.5. The molecule has 13 nitrogen and oxygen atoms in total. The van der Waals surface area contributed by atoms with E-state index in [4.69, 9.17) is 18.9 Å². The number of rotatable bonds is 16. The van der Waals surface area contributed by atoms with Gasteiger partial charge in [0.15, 0.2) is 23.1 Å². The van der Waals surface area contributed by atoms with Crippen molar-refractivity contribution in [2.24, 2.45) is 0 Å². The van der Waals surface area contributed by atoms with Gasteiger partial charge < -0.3 is 24.3 Å². The molecular formula is C45H47N3O10. The number of ketones is 4. The van der Waals surface area contributed by atoms with Crippen LogP contribution >= 0.6 is 0 Å². The highest BCUT2D eigenvalue weighted by atomic mass is 16.6. The molecule has 2 amide bonds. The van der Waals surface area contributed by atoms with Gasteiger partial charge in [0.1, 0.15) is 6.73 Å². The van der Waals surface area contributed by atoms with E-state index in [1.54, 1.807) is 31.4 Å². The third-order valence-corrected chi connectivity index (χ3v) is 10.6. The Kier molecular flexibility index (Phi) is 12.2. The molecular weight excluding hydrogens is 743 g/mol. The molecule has 0 bridgehead atoms. The van der Waals surface area contributed by atoms with Crippen LogP contribution in [0.4, 0.5) is 16.2 Å². The molecule has 2 aliphatic carbocycles. The van der Waals surface area contributed by atoms with Crippen LogP contribution in [0.2, 0.25) is 0 Å². The highest BCUT2D eigenvalue weighted by molar-refractivity contribution is 6.35. The number of nitrogens with one attached hydrogen (secondary N) is 3. The first-order valence-electron chi connectivity index (χ1n) is 19.0. The molecule has 0 radical (unpaired) electrons. The minimum Gasteiger partial charge on any atom is -0.433 e. The van der Waals surface area contributed by atoms with Crippen molar-refractivity contribution < 1.29 is 47.7 Å². The van der Waals surface area contributed by atoms with E-state index in [0.717, 1.165) is 0 Å². The van der Waals surface area contributed by atoms with Gasteiger partial charge in [0.25, 0.3) is 0 Å². The van der Waals surface area contributed by atoms with Crippen molar-refractivity contribution in [2.75, 3.05) is 37.7 Å². The molecule has 0 heterocycles. The molecule has 0 aromatic heterocycles. The molecule has 2 atom stereocenters. The first-order valence-corrected chi connectivity index (χ1v) is 19.0. The number of benzene rings is 4. The average molecular weight is 790 g/mol. The molecule has 3 N–H and O–H groups in total. The Labute approximate surface area is 336 Å². The van der Waals surface area contributed by atoms with Crippen molar-refractivity contribution in [1.82, 2.24) is 5.32 Å². The molecule has 4 aromatic carbocycles. The van der Waals surface area contributed by atoms with Crippen LogP contribution in [0, 0.1) is 0 Å². The summed E-state index contributed by atoms with van der Waals surface area (Å²) in [7, 11) is 1.62. The maximum atomic E-state index is 14.4. The molecule has 0 fully saturated rings. The van der Waals surface area contributed by atoms with Gasteiger partial charge in [-0.1, -0.05) is 60.7 Å². The second-order valence-electron chi connectivity index (χ2n) is 15.5. The van der Waals surface area contributed by atoms with Gasteiger partial charge in [-0.15, -0.1) is 0 Å². The van der Waals surface area contributed by atoms with Crippen LogP contribution in [-0.4, -0.2) is 86.0 Å². The van der Waals surface area contributed by atoms with Gasteiger partial charge in [-0.25, -0.2) is 4.79 Å². The van der Waals surface area contributed by atoms with Crippen LogP contribution < -0.4 is 16.0 Å². The topological polar surface area (TPSA) is 175 Å². The quantitative estimate of drug-likeness (QED) is 0.0525. The molecule has 0 spiro atoms. The van der Waals surface area contributed by atoms with Gasteiger partial charge in [-0.05, 0) is 64.8 Å². The zero-order chi connectivity index (χ0) is 41.9. The fraction of sp³-hybridized carbons (Fsp3) is 0.333. The van der Waals surface area contributed by atoms with Crippen LogP contribution in [-0.2, 0) is 23.7 Å². The van der Waals surface area contributed by atoms with Gasteiger partial charge in [0.2, 0.25) is 6.41 Å². The molecule has 4 aromatic rings. The predicted molar refractivity (Wildman–Crippen MR) is 217 cm³/mol. The smallest absolute Gasteiger partial charge is 0.412 e. The van der Waals surface area contributed by atoms with Crippen molar-refractivity contribution in [1.29, 1.82) is 0 Å². The highest BCUT2D eigenvalue weighted by Gasteiger charge is 2.39. The monoisotopic (exact) mass is 789 g/mol. The lowest BCUT2D eigenvalue weighted by Crippen LogP contribution is -2.49. The summed E-state index contributed by atoms with van der Waals surface area (Å²) in [6.45, 7) is 12.5. The summed E-state index contributed by atoms with van der Waals surface area (Å²) in [5.74, 6) is -2.04. The fourth-order valence-electron chi connectivity index (χ4n) is 7.62. The molecule has 0 saturated heterocycles. The van der Waals surface area contributed by atoms with Crippen LogP contribution in [0.5, 0.6) is 0 Å². The summed E-state index contributed by atoms with van der Waals surface area (Å²) >= 11 is 0. The maximum Gasteiger partial charge on any atom is 0.412 e. The van der Waals surface area contributed by atoms with Crippen molar-refractivity contribution in [2.45, 2.75) is 71.3 Å². The summed E-state index contributed by atoms with van der Waals surface area (Å²) in [6, 6.07) is 18.4. The Bertz CT molecular complexity index is 2310. The third-order valence-electron chi connectivity index (χ3n) is 10.6. The summed E-state index contributed by atoms with van der Waals surface area (Å²) in [5, 5.41) is 8.32. The number of fused-ring (bicyclic) bond motifs is 4. The van der Waals surface area contributed by atoms with Crippen LogP contribution in [0.1, 0.15) is 112 Å². The second kappa shape index (κ2) is 16.9. The first-order chi connectivity index (χ1) is 27.6. The normalized spacial score (nSPS) is 14.5. The number of carbonyl (C=O) groups excluding carboxylic acids is 6. The van der Waals surface area contributed by atoms with E-state index >= 15 is 0 Å². The predicted octanol–water partition coefficient (Wildman–Crippen LogP) is 6.97. The number of hydrogen-bond donors (Lipinski definition) is 3. The number of hydrogen-bond acceptors (Lipinski definition) is 11. The van der Waals surface area contributed by atoms with E-state index in [9.17, 15) is 28.8 Å². The molecule has 13 heteroatoms. The summed E-state index contributed by atoms with van der Waals surface area (Å²) in [6.07, 6.45) is -0.0147. The van der Waals surface area contributed by atoms with Crippen molar-refractivity contribution >= 4 is 47.0 Å². The number of ether oxygens (including phenoxy) is 4. The van der Waals surface area contributed by atoms with Crippen molar-refractivity contribution in [3.05, 3.63) is 117 Å². The first kappa shape index (κ1) is 41.8. The van der Waals surface area contributed by atoms with Gasteiger partial charge in [0, 0.05) is 53.0 Å². The molecule has 58 heavy (non-hydrogen) atoms. The molecule has 2 aliphatic rings. The summed E-state index contributed by atoms with van der Waals surface area (Å²) < 4.78 is 22.9. The van der Waals surface area contributed by atoms with E-state index in [0.29, 0.717) is 26.0 Å². The number of amides is 2. The minimum absolute atomic E-state index is 0.0123. The molecule has 2 unspecified atom stereocenters. The lowest BCUT2D eigenvalue weighted by molar-refractivity contribution is -0.123. The van der Waals surface area contributed by atoms with E-state index in [-0.39, 0.29) is 85.9 Å². The molecule has 0 aliphatic heterocycles. The van der Waals surface area contributed by atoms with Crippen molar-refractivity contribution in [3.8, 4) is 11.1 Å². The Hall–Kier alpha value is -5.86. The van der Waals surface area contributed by atoms with Crippen LogP contribution in [0.3, 0.4) is 0 Å². The van der Waals surface area contributed by atoms with E-state index in [1.165, 1.54) is 48.5 Å². The average Bonchev–Trinajstić information content (AvgIpc) is 3.18. The lowest BCUT2D eigenvalue weighted by atomic mass is 9.75. The zero-order valence-electron chi connectivity index (χ0n) is 33.6. The van der Waals surface area contributed by atoms with E-state index in [2.05, 4.69) is 16.0 Å². The van der Waals surface area contributed by atoms with Gasteiger partial charge in [-0.2, -0.15) is 0 Å². The van der Waals surface area contributed by atoms with Crippen LogP contribution in [0.15, 0.2) is 72.8 Å². The molecule has 6 rings (SSSR count). The zero-order valence-corrected chi connectivity index (χ0v) is 33.6. The van der Waals surface area contributed by atoms with Gasteiger partial charge >= 0.3 is 6.09 Å².